The maximum absolute atomic E-state index is 4.66. The number of rotatable bonds is 8. The van der Waals surface area contributed by atoms with Gasteiger partial charge >= 0.3 is 0 Å². The Bertz CT molecular complexity index is 551. The van der Waals surface area contributed by atoms with Crippen LogP contribution in [0, 0.1) is 5.92 Å². The average molecular weight is 318 g/mol. The highest BCUT2D eigenvalue weighted by molar-refractivity contribution is 7.13. The van der Waals surface area contributed by atoms with Gasteiger partial charge in [-0.05, 0) is 38.6 Å². The van der Waals surface area contributed by atoms with Crippen molar-refractivity contribution in [2.75, 3.05) is 20.6 Å². The molecule has 2 rings (SSSR count). The first-order valence-electron chi connectivity index (χ1n) is 7.79. The van der Waals surface area contributed by atoms with E-state index in [-0.39, 0.29) is 0 Å². The van der Waals surface area contributed by atoms with Gasteiger partial charge in [0.2, 0.25) is 0 Å². The average Bonchev–Trinajstić information content (AvgIpc) is 2.95. The summed E-state index contributed by atoms with van der Waals surface area (Å²) in [5, 5.41) is 6.64. The second-order valence-corrected chi connectivity index (χ2v) is 7.09. The van der Waals surface area contributed by atoms with Gasteiger partial charge in [-0.25, -0.2) is 4.98 Å². The number of hydrogen-bond acceptors (Lipinski definition) is 5. The third kappa shape index (κ3) is 5.16. The van der Waals surface area contributed by atoms with E-state index in [1.54, 1.807) is 11.3 Å². The highest BCUT2D eigenvalue weighted by Gasteiger charge is 2.13. The molecule has 120 valence electrons. The Kier molecular flexibility index (Phi) is 6.49. The van der Waals surface area contributed by atoms with Gasteiger partial charge in [0.1, 0.15) is 5.01 Å². The van der Waals surface area contributed by atoms with Crippen molar-refractivity contribution in [1.82, 2.24) is 20.2 Å². The van der Waals surface area contributed by atoms with Crippen LogP contribution in [0.1, 0.15) is 26.0 Å². The van der Waals surface area contributed by atoms with Gasteiger partial charge in [0.25, 0.3) is 0 Å². The zero-order valence-electron chi connectivity index (χ0n) is 13.9. The maximum Gasteiger partial charge on any atom is 0.142 e. The summed E-state index contributed by atoms with van der Waals surface area (Å²) in [5.74, 6) is 0.712. The van der Waals surface area contributed by atoms with Gasteiger partial charge < -0.3 is 10.2 Å². The minimum atomic E-state index is 0.564. The molecule has 4 nitrogen and oxygen atoms in total. The van der Waals surface area contributed by atoms with Crippen molar-refractivity contribution in [3.63, 3.8) is 0 Å². The largest absolute Gasteiger partial charge is 0.310 e. The molecular formula is C17H26N4S. The maximum atomic E-state index is 4.66. The quantitative estimate of drug-likeness (QED) is 0.811. The van der Waals surface area contributed by atoms with E-state index < -0.39 is 0 Å². The first-order chi connectivity index (χ1) is 10.6. The number of hydrogen-bond donors (Lipinski definition) is 1. The van der Waals surface area contributed by atoms with Crippen LogP contribution >= 0.6 is 11.3 Å². The van der Waals surface area contributed by atoms with Crippen LogP contribution in [-0.4, -0.2) is 41.5 Å². The molecule has 0 aromatic carbocycles. The van der Waals surface area contributed by atoms with Crippen molar-refractivity contribution in [2.45, 2.75) is 32.9 Å². The fourth-order valence-corrected chi connectivity index (χ4v) is 3.18. The van der Waals surface area contributed by atoms with Crippen LogP contribution in [0.25, 0.3) is 10.7 Å². The van der Waals surface area contributed by atoms with Crippen LogP contribution in [0.4, 0.5) is 0 Å². The summed E-state index contributed by atoms with van der Waals surface area (Å²) in [7, 11) is 4.30. The topological polar surface area (TPSA) is 41.1 Å². The molecule has 0 saturated carbocycles. The van der Waals surface area contributed by atoms with Crippen molar-refractivity contribution >= 4 is 11.3 Å². The lowest BCUT2D eigenvalue weighted by Crippen LogP contribution is -2.38. The van der Waals surface area contributed by atoms with Gasteiger partial charge in [-0.15, -0.1) is 11.3 Å². The van der Waals surface area contributed by atoms with E-state index >= 15 is 0 Å². The molecule has 2 aromatic heterocycles. The molecule has 0 bridgehead atoms. The van der Waals surface area contributed by atoms with E-state index in [2.05, 4.69) is 53.5 Å². The van der Waals surface area contributed by atoms with E-state index in [1.807, 2.05) is 24.4 Å². The molecule has 2 aromatic rings. The van der Waals surface area contributed by atoms with Crippen molar-refractivity contribution in [1.29, 1.82) is 0 Å². The van der Waals surface area contributed by atoms with Crippen LogP contribution in [0.2, 0.25) is 0 Å². The minimum Gasteiger partial charge on any atom is -0.310 e. The summed E-state index contributed by atoms with van der Waals surface area (Å²) in [6.07, 6.45) is 3.01. The molecule has 0 amide bonds. The highest BCUT2D eigenvalue weighted by atomic mass is 32.1. The standard InChI is InChI=1S/C17H26N4S/c1-13(2)9-15(21(3)4)11-18-10-14-12-22-17(20-14)16-7-5-6-8-19-16/h5-8,12-13,15,18H,9-11H2,1-4H3. The van der Waals surface area contributed by atoms with Crippen molar-refractivity contribution in [3.05, 3.63) is 35.5 Å². The molecule has 1 N–H and O–H groups in total. The fourth-order valence-electron chi connectivity index (χ4n) is 2.38. The SMILES string of the molecule is CC(C)CC(CNCc1csc(-c2ccccn2)n1)N(C)C. The molecule has 0 aliphatic heterocycles. The highest BCUT2D eigenvalue weighted by Crippen LogP contribution is 2.21. The summed E-state index contributed by atoms with van der Waals surface area (Å²) in [6.45, 7) is 6.35. The normalized spacial score (nSPS) is 13.0. The number of likely N-dealkylation sites (N-methyl/N-ethyl adjacent to an activating group) is 1. The molecule has 1 unspecified atom stereocenters. The molecule has 22 heavy (non-hydrogen) atoms. The van der Waals surface area contributed by atoms with Gasteiger partial charge in [0.05, 0.1) is 11.4 Å². The summed E-state index contributed by atoms with van der Waals surface area (Å²) in [4.78, 5) is 11.3. The molecule has 0 radical (unpaired) electrons. The zero-order chi connectivity index (χ0) is 15.9. The Hall–Kier alpha value is -1.30. The molecule has 1 atom stereocenters. The molecule has 2 heterocycles. The minimum absolute atomic E-state index is 0.564. The smallest absolute Gasteiger partial charge is 0.142 e. The third-order valence-corrected chi connectivity index (χ3v) is 4.51. The van der Waals surface area contributed by atoms with E-state index in [1.165, 1.54) is 6.42 Å². The molecular weight excluding hydrogens is 292 g/mol. The van der Waals surface area contributed by atoms with E-state index in [9.17, 15) is 0 Å². The molecule has 5 heteroatoms. The number of thiazole rings is 1. The van der Waals surface area contributed by atoms with Crippen LogP contribution in [0.15, 0.2) is 29.8 Å². The van der Waals surface area contributed by atoms with Crippen LogP contribution < -0.4 is 5.32 Å². The van der Waals surface area contributed by atoms with Gasteiger partial charge in [0, 0.05) is 30.7 Å². The number of aromatic nitrogens is 2. The van der Waals surface area contributed by atoms with Gasteiger partial charge in [0.15, 0.2) is 0 Å². The van der Waals surface area contributed by atoms with E-state index in [0.29, 0.717) is 12.0 Å². The van der Waals surface area contributed by atoms with Crippen molar-refractivity contribution < 1.29 is 0 Å². The third-order valence-electron chi connectivity index (χ3n) is 3.60. The van der Waals surface area contributed by atoms with Crippen molar-refractivity contribution in [2.24, 2.45) is 5.92 Å². The first kappa shape index (κ1) is 17.1. The lowest BCUT2D eigenvalue weighted by Gasteiger charge is -2.26. The van der Waals surface area contributed by atoms with Gasteiger partial charge in [-0.1, -0.05) is 19.9 Å². The number of pyridine rings is 1. The van der Waals surface area contributed by atoms with E-state index in [0.717, 1.165) is 29.5 Å². The van der Waals surface area contributed by atoms with Crippen LogP contribution in [0.3, 0.4) is 0 Å². The van der Waals surface area contributed by atoms with E-state index in [4.69, 9.17) is 0 Å². The summed E-state index contributed by atoms with van der Waals surface area (Å²) in [5.41, 5.74) is 2.04. The zero-order valence-corrected chi connectivity index (χ0v) is 14.7. The Morgan fingerprint density at radius 2 is 2.09 bits per heavy atom. The lowest BCUT2D eigenvalue weighted by atomic mass is 10.0. The van der Waals surface area contributed by atoms with Gasteiger partial charge in [-0.2, -0.15) is 0 Å². The Labute approximate surface area is 137 Å². The molecule has 0 spiro atoms. The number of nitrogens with zero attached hydrogens (tertiary/aromatic N) is 3. The summed E-state index contributed by atoms with van der Waals surface area (Å²) in [6, 6.07) is 6.49. The molecule has 0 aliphatic rings. The second-order valence-electron chi connectivity index (χ2n) is 6.24. The lowest BCUT2D eigenvalue weighted by molar-refractivity contribution is 0.246. The fraction of sp³-hybridized carbons (Fsp3) is 0.529. The predicted molar refractivity (Wildman–Crippen MR) is 94.0 cm³/mol. The number of nitrogens with one attached hydrogen (secondary N) is 1. The summed E-state index contributed by atoms with van der Waals surface area (Å²) < 4.78 is 0. The van der Waals surface area contributed by atoms with Crippen LogP contribution in [0.5, 0.6) is 0 Å². The monoisotopic (exact) mass is 318 g/mol. The Balaban J connectivity index is 1.86. The van der Waals surface area contributed by atoms with Gasteiger partial charge in [-0.3, -0.25) is 4.98 Å². The Morgan fingerprint density at radius 1 is 1.27 bits per heavy atom. The Morgan fingerprint density at radius 3 is 2.73 bits per heavy atom. The predicted octanol–water partition coefficient (Wildman–Crippen LogP) is 3.27. The molecule has 0 aliphatic carbocycles. The molecule has 0 fully saturated rings. The molecule has 0 saturated heterocycles. The first-order valence-corrected chi connectivity index (χ1v) is 8.67. The second kappa shape index (κ2) is 8.36. The summed E-state index contributed by atoms with van der Waals surface area (Å²) >= 11 is 1.65. The van der Waals surface area contributed by atoms with Crippen LogP contribution in [-0.2, 0) is 6.54 Å². The van der Waals surface area contributed by atoms with Crippen molar-refractivity contribution in [3.8, 4) is 10.7 Å².